The van der Waals surface area contributed by atoms with Crippen molar-refractivity contribution >= 4 is 0 Å². The highest BCUT2D eigenvalue weighted by molar-refractivity contribution is 5.34. The third kappa shape index (κ3) is 3.45. The van der Waals surface area contributed by atoms with Crippen LogP contribution in [0.25, 0.3) is 0 Å². The Balaban J connectivity index is 1.61. The minimum atomic E-state index is 0.622. The lowest BCUT2D eigenvalue weighted by molar-refractivity contribution is 0.237. The fraction of sp³-hybridized carbons (Fsp3) is 0.471. The number of methoxy groups -OCH3 is 1. The van der Waals surface area contributed by atoms with Gasteiger partial charge in [0.05, 0.1) is 13.7 Å². The van der Waals surface area contributed by atoms with Gasteiger partial charge in [-0.2, -0.15) is 5.10 Å². The maximum atomic E-state index is 5.48. The van der Waals surface area contributed by atoms with E-state index in [1.807, 2.05) is 29.2 Å². The molecule has 112 valence electrons. The summed E-state index contributed by atoms with van der Waals surface area (Å²) >= 11 is 0. The molecule has 0 aliphatic carbocycles. The number of aromatic nitrogens is 2. The van der Waals surface area contributed by atoms with E-state index in [4.69, 9.17) is 4.74 Å². The van der Waals surface area contributed by atoms with E-state index < -0.39 is 0 Å². The summed E-state index contributed by atoms with van der Waals surface area (Å²) in [5, 5.41) is 4.28. The number of ether oxygens (including phenoxy) is 1. The third-order valence-electron chi connectivity index (χ3n) is 4.32. The minimum absolute atomic E-state index is 0.622. The topological polar surface area (TPSA) is 30.3 Å². The number of para-hydroxylation sites is 1. The molecule has 4 heteroatoms. The molecule has 2 heterocycles. The van der Waals surface area contributed by atoms with Gasteiger partial charge >= 0.3 is 0 Å². The number of rotatable bonds is 6. The lowest BCUT2D eigenvalue weighted by atomic mass is 10.0. The van der Waals surface area contributed by atoms with Crippen LogP contribution in [0.1, 0.15) is 18.4 Å². The predicted molar refractivity (Wildman–Crippen MR) is 83.5 cm³/mol. The first kappa shape index (κ1) is 14.1. The summed E-state index contributed by atoms with van der Waals surface area (Å²) < 4.78 is 7.49. The summed E-state index contributed by atoms with van der Waals surface area (Å²) in [7, 11) is 1.75. The van der Waals surface area contributed by atoms with Crippen molar-refractivity contribution in [3.8, 4) is 5.75 Å². The van der Waals surface area contributed by atoms with Gasteiger partial charge < -0.3 is 4.74 Å². The Morgan fingerprint density at radius 1 is 1.24 bits per heavy atom. The molecule has 1 fully saturated rings. The van der Waals surface area contributed by atoms with E-state index in [0.29, 0.717) is 6.04 Å². The molecule has 0 saturated carbocycles. The number of benzene rings is 1. The lowest BCUT2D eigenvalue weighted by Gasteiger charge is -2.25. The maximum absolute atomic E-state index is 5.48. The van der Waals surface area contributed by atoms with E-state index in [2.05, 4.69) is 28.2 Å². The highest BCUT2D eigenvalue weighted by Crippen LogP contribution is 2.25. The summed E-state index contributed by atoms with van der Waals surface area (Å²) in [6.07, 6.45) is 7.51. The smallest absolute Gasteiger partial charge is 0.122 e. The van der Waals surface area contributed by atoms with E-state index in [1.165, 1.54) is 24.9 Å². The van der Waals surface area contributed by atoms with Crippen molar-refractivity contribution in [3.63, 3.8) is 0 Å². The minimum Gasteiger partial charge on any atom is -0.496 e. The van der Waals surface area contributed by atoms with E-state index >= 15 is 0 Å². The zero-order valence-corrected chi connectivity index (χ0v) is 12.6. The normalized spacial score (nSPS) is 19.0. The van der Waals surface area contributed by atoms with Gasteiger partial charge in [-0.1, -0.05) is 18.2 Å². The predicted octanol–water partition coefficient (Wildman–Crippen LogP) is 2.60. The second-order valence-electron chi connectivity index (χ2n) is 5.62. The van der Waals surface area contributed by atoms with Crippen molar-refractivity contribution in [3.05, 3.63) is 48.3 Å². The monoisotopic (exact) mass is 285 g/mol. The van der Waals surface area contributed by atoms with Crippen LogP contribution in [0.3, 0.4) is 0 Å². The SMILES string of the molecule is COc1ccccc1C[C@H]1CCCN1CCn1cccn1. The Morgan fingerprint density at radius 2 is 2.14 bits per heavy atom. The van der Waals surface area contributed by atoms with Gasteiger partial charge in [0.1, 0.15) is 5.75 Å². The van der Waals surface area contributed by atoms with Crippen molar-refractivity contribution in [2.24, 2.45) is 0 Å². The van der Waals surface area contributed by atoms with Crippen LogP contribution in [0.4, 0.5) is 0 Å². The zero-order valence-electron chi connectivity index (χ0n) is 12.6. The number of hydrogen-bond acceptors (Lipinski definition) is 3. The first-order valence-electron chi connectivity index (χ1n) is 7.70. The Kier molecular flexibility index (Phi) is 4.55. The van der Waals surface area contributed by atoms with Crippen LogP contribution >= 0.6 is 0 Å². The Bertz CT molecular complexity index is 553. The Hall–Kier alpha value is -1.81. The van der Waals surface area contributed by atoms with Gasteiger partial charge in [0.15, 0.2) is 0 Å². The molecule has 2 aromatic rings. The quantitative estimate of drug-likeness (QED) is 0.817. The van der Waals surface area contributed by atoms with Crippen molar-refractivity contribution < 1.29 is 4.74 Å². The van der Waals surface area contributed by atoms with Gasteiger partial charge in [-0.15, -0.1) is 0 Å². The van der Waals surface area contributed by atoms with Crippen LogP contribution in [0, 0.1) is 0 Å². The van der Waals surface area contributed by atoms with E-state index in [9.17, 15) is 0 Å². The fourth-order valence-electron chi connectivity index (χ4n) is 3.21. The molecule has 0 spiro atoms. The molecule has 21 heavy (non-hydrogen) atoms. The summed E-state index contributed by atoms with van der Waals surface area (Å²) in [5.41, 5.74) is 1.32. The van der Waals surface area contributed by atoms with Crippen LogP contribution < -0.4 is 4.74 Å². The highest BCUT2D eigenvalue weighted by Gasteiger charge is 2.25. The molecule has 1 aliphatic heterocycles. The summed E-state index contributed by atoms with van der Waals surface area (Å²) in [4.78, 5) is 2.59. The fourth-order valence-corrected chi connectivity index (χ4v) is 3.21. The molecule has 0 N–H and O–H groups in total. The van der Waals surface area contributed by atoms with Gasteiger partial charge in [0, 0.05) is 25.0 Å². The summed E-state index contributed by atoms with van der Waals surface area (Å²) in [6, 6.07) is 11.0. The second kappa shape index (κ2) is 6.76. The zero-order chi connectivity index (χ0) is 14.5. The van der Waals surface area contributed by atoms with Crippen molar-refractivity contribution in [2.75, 3.05) is 20.2 Å². The summed E-state index contributed by atoms with van der Waals surface area (Å²) in [5.74, 6) is 1.01. The molecule has 1 saturated heterocycles. The van der Waals surface area contributed by atoms with Gasteiger partial charge in [-0.3, -0.25) is 9.58 Å². The molecule has 0 unspecified atom stereocenters. The molecular weight excluding hydrogens is 262 g/mol. The lowest BCUT2D eigenvalue weighted by Crippen LogP contribution is -2.34. The molecule has 0 radical (unpaired) electrons. The third-order valence-corrected chi connectivity index (χ3v) is 4.32. The molecule has 0 amide bonds. The second-order valence-corrected chi connectivity index (χ2v) is 5.62. The Labute approximate surface area is 126 Å². The first-order chi connectivity index (χ1) is 10.4. The molecule has 1 aliphatic rings. The van der Waals surface area contributed by atoms with Crippen LogP contribution in [0.15, 0.2) is 42.7 Å². The number of likely N-dealkylation sites (tertiary alicyclic amines) is 1. The van der Waals surface area contributed by atoms with E-state index in [1.54, 1.807) is 7.11 Å². The average Bonchev–Trinajstić information content (AvgIpc) is 3.17. The number of hydrogen-bond donors (Lipinski definition) is 0. The molecule has 1 atom stereocenters. The van der Waals surface area contributed by atoms with Gasteiger partial charge in [-0.25, -0.2) is 0 Å². The molecule has 0 bridgehead atoms. The largest absolute Gasteiger partial charge is 0.496 e. The molecule has 4 nitrogen and oxygen atoms in total. The van der Waals surface area contributed by atoms with Crippen LogP contribution in [-0.2, 0) is 13.0 Å². The highest BCUT2D eigenvalue weighted by atomic mass is 16.5. The maximum Gasteiger partial charge on any atom is 0.122 e. The van der Waals surface area contributed by atoms with Gasteiger partial charge in [-0.05, 0) is 43.5 Å². The Morgan fingerprint density at radius 3 is 2.95 bits per heavy atom. The molecular formula is C17H23N3O. The average molecular weight is 285 g/mol. The van der Waals surface area contributed by atoms with Crippen molar-refractivity contribution in [2.45, 2.75) is 31.8 Å². The number of nitrogens with zero attached hydrogens (tertiary/aromatic N) is 3. The van der Waals surface area contributed by atoms with E-state index in [-0.39, 0.29) is 0 Å². The first-order valence-corrected chi connectivity index (χ1v) is 7.70. The van der Waals surface area contributed by atoms with Gasteiger partial charge in [0.25, 0.3) is 0 Å². The molecule has 1 aromatic heterocycles. The van der Waals surface area contributed by atoms with E-state index in [0.717, 1.165) is 25.3 Å². The van der Waals surface area contributed by atoms with Crippen molar-refractivity contribution in [1.29, 1.82) is 0 Å². The standard InChI is InChI=1S/C17H23N3O/c1-21-17-8-3-2-6-15(17)14-16-7-4-10-19(16)12-13-20-11-5-9-18-20/h2-3,5-6,8-9,11,16H,4,7,10,12-14H2,1H3/t16-/m1/s1. The van der Waals surface area contributed by atoms with Crippen LogP contribution in [-0.4, -0.2) is 40.9 Å². The van der Waals surface area contributed by atoms with Crippen LogP contribution in [0.5, 0.6) is 5.75 Å². The van der Waals surface area contributed by atoms with Crippen LogP contribution in [0.2, 0.25) is 0 Å². The van der Waals surface area contributed by atoms with Crippen molar-refractivity contribution in [1.82, 2.24) is 14.7 Å². The summed E-state index contributed by atoms with van der Waals surface area (Å²) in [6.45, 7) is 3.23. The molecule has 3 rings (SSSR count). The van der Waals surface area contributed by atoms with Gasteiger partial charge in [0.2, 0.25) is 0 Å². The molecule has 1 aromatic carbocycles.